The smallest absolute Gasteiger partial charge is 0.115 e. The van der Waals surface area contributed by atoms with Crippen LogP contribution in [0.5, 0.6) is 5.75 Å². The van der Waals surface area contributed by atoms with Gasteiger partial charge >= 0.3 is 0 Å². The second-order valence-corrected chi connectivity index (χ2v) is 5.82. The lowest BCUT2D eigenvalue weighted by Crippen LogP contribution is -2.24. The molecule has 3 rings (SSSR count). The van der Waals surface area contributed by atoms with Gasteiger partial charge in [-0.3, -0.25) is 0 Å². The molecular weight excluding hydrogens is 242 g/mol. The van der Waals surface area contributed by atoms with Crippen LogP contribution in [0.3, 0.4) is 0 Å². The molecule has 1 heterocycles. The van der Waals surface area contributed by atoms with E-state index in [1.165, 1.54) is 28.8 Å². The fraction of sp³-hybridized carbons (Fsp3) is 0.333. The number of nitrogens with one attached hydrogen (secondary N) is 1. The van der Waals surface area contributed by atoms with Crippen LogP contribution >= 0.6 is 11.3 Å². The predicted molar refractivity (Wildman–Crippen MR) is 74.9 cm³/mol. The summed E-state index contributed by atoms with van der Waals surface area (Å²) in [5.41, 5.74) is 2.65. The van der Waals surface area contributed by atoms with Crippen molar-refractivity contribution in [3.63, 3.8) is 0 Å². The molecule has 18 heavy (non-hydrogen) atoms. The van der Waals surface area contributed by atoms with Gasteiger partial charge in [-0.05, 0) is 54.0 Å². The number of rotatable bonds is 3. The molecule has 0 saturated heterocycles. The summed E-state index contributed by atoms with van der Waals surface area (Å²) in [5.74, 6) is 0.382. The molecule has 1 unspecified atom stereocenters. The summed E-state index contributed by atoms with van der Waals surface area (Å²) in [6.45, 7) is 0.933. The van der Waals surface area contributed by atoms with Crippen LogP contribution in [0.4, 0.5) is 0 Å². The van der Waals surface area contributed by atoms with Gasteiger partial charge in [-0.1, -0.05) is 12.1 Å². The molecule has 2 aromatic rings. The van der Waals surface area contributed by atoms with E-state index >= 15 is 0 Å². The Hall–Kier alpha value is -1.32. The van der Waals surface area contributed by atoms with Crippen LogP contribution in [0.15, 0.2) is 35.7 Å². The Bertz CT molecular complexity index is 521. The Balaban J connectivity index is 1.75. The van der Waals surface area contributed by atoms with E-state index < -0.39 is 0 Å². The third-order valence-corrected chi connectivity index (χ3v) is 4.42. The first-order valence-corrected chi connectivity index (χ1v) is 7.28. The Morgan fingerprint density at radius 1 is 1.33 bits per heavy atom. The lowest BCUT2D eigenvalue weighted by molar-refractivity contribution is 0.450. The number of phenols is 1. The van der Waals surface area contributed by atoms with E-state index in [0.717, 1.165) is 13.0 Å². The summed E-state index contributed by atoms with van der Waals surface area (Å²) in [7, 11) is 0. The zero-order chi connectivity index (χ0) is 12.4. The normalized spacial score (nSPS) is 18.6. The van der Waals surface area contributed by atoms with E-state index in [9.17, 15) is 5.11 Å². The number of fused-ring (bicyclic) bond motifs is 1. The molecule has 1 aliphatic rings. The first-order chi connectivity index (χ1) is 8.83. The third kappa shape index (κ3) is 2.42. The van der Waals surface area contributed by atoms with Gasteiger partial charge in [-0.2, -0.15) is 0 Å². The fourth-order valence-corrected chi connectivity index (χ4v) is 3.31. The Morgan fingerprint density at radius 2 is 2.28 bits per heavy atom. The van der Waals surface area contributed by atoms with Crippen molar-refractivity contribution in [3.05, 3.63) is 51.7 Å². The minimum absolute atomic E-state index is 0.382. The van der Waals surface area contributed by atoms with Crippen LogP contribution in [0.2, 0.25) is 0 Å². The van der Waals surface area contributed by atoms with Gasteiger partial charge in [0, 0.05) is 17.5 Å². The largest absolute Gasteiger partial charge is 0.508 e. The van der Waals surface area contributed by atoms with E-state index in [4.69, 9.17) is 0 Å². The molecule has 0 spiro atoms. The van der Waals surface area contributed by atoms with Gasteiger partial charge in [-0.15, -0.1) is 11.3 Å². The van der Waals surface area contributed by atoms with E-state index in [-0.39, 0.29) is 0 Å². The first-order valence-electron chi connectivity index (χ1n) is 6.40. The number of benzene rings is 1. The van der Waals surface area contributed by atoms with Gasteiger partial charge in [0.2, 0.25) is 0 Å². The summed E-state index contributed by atoms with van der Waals surface area (Å²) in [6.07, 6.45) is 3.46. The zero-order valence-corrected chi connectivity index (χ0v) is 11.0. The van der Waals surface area contributed by atoms with Gasteiger partial charge in [-0.25, -0.2) is 0 Å². The third-order valence-electron chi connectivity index (χ3n) is 3.54. The van der Waals surface area contributed by atoms with Crippen LogP contribution in [-0.2, 0) is 13.0 Å². The average molecular weight is 259 g/mol. The van der Waals surface area contributed by atoms with Crippen molar-refractivity contribution in [2.24, 2.45) is 0 Å². The number of aryl methyl sites for hydroxylation is 1. The number of phenolic OH excluding ortho intramolecular Hbond substituents is 1. The molecule has 1 aromatic carbocycles. The summed E-state index contributed by atoms with van der Waals surface area (Å²) in [5, 5.41) is 15.3. The van der Waals surface area contributed by atoms with E-state index in [0.29, 0.717) is 11.8 Å². The lowest BCUT2D eigenvalue weighted by atomic mass is 9.87. The van der Waals surface area contributed by atoms with Gasteiger partial charge in [0.1, 0.15) is 5.75 Å². The topological polar surface area (TPSA) is 32.3 Å². The highest BCUT2D eigenvalue weighted by molar-refractivity contribution is 7.09. The number of hydrogen-bond acceptors (Lipinski definition) is 3. The van der Waals surface area contributed by atoms with Crippen molar-refractivity contribution >= 4 is 11.3 Å². The van der Waals surface area contributed by atoms with Crippen molar-refractivity contribution in [3.8, 4) is 5.75 Å². The van der Waals surface area contributed by atoms with Crippen LogP contribution in [-0.4, -0.2) is 5.11 Å². The molecule has 1 atom stereocenters. The molecule has 3 heteroatoms. The zero-order valence-electron chi connectivity index (χ0n) is 10.2. The molecule has 0 aliphatic heterocycles. The van der Waals surface area contributed by atoms with Crippen LogP contribution < -0.4 is 5.32 Å². The predicted octanol–water partition coefficient (Wildman–Crippen LogP) is 3.62. The van der Waals surface area contributed by atoms with Crippen molar-refractivity contribution in [2.45, 2.75) is 31.8 Å². The van der Waals surface area contributed by atoms with Crippen molar-refractivity contribution in [1.29, 1.82) is 0 Å². The first kappa shape index (κ1) is 11.8. The van der Waals surface area contributed by atoms with E-state index in [1.54, 1.807) is 17.4 Å². The summed E-state index contributed by atoms with van der Waals surface area (Å²) in [6, 6.07) is 10.5. The maximum absolute atomic E-state index is 9.54. The van der Waals surface area contributed by atoms with Crippen molar-refractivity contribution < 1.29 is 5.11 Å². The van der Waals surface area contributed by atoms with Crippen molar-refractivity contribution in [2.75, 3.05) is 0 Å². The molecule has 94 valence electrons. The fourth-order valence-electron chi connectivity index (χ4n) is 2.65. The molecule has 0 radical (unpaired) electrons. The molecule has 2 nitrogen and oxygen atoms in total. The Labute approximate surface area is 111 Å². The van der Waals surface area contributed by atoms with Crippen LogP contribution in [0, 0.1) is 0 Å². The molecular formula is C15H17NOS. The quantitative estimate of drug-likeness (QED) is 0.882. The van der Waals surface area contributed by atoms with Gasteiger partial charge in [0.05, 0.1) is 0 Å². The lowest BCUT2D eigenvalue weighted by Gasteiger charge is -2.26. The highest BCUT2D eigenvalue weighted by Crippen LogP contribution is 2.32. The van der Waals surface area contributed by atoms with E-state index in [1.807, 2.05) is 6.07 Å². The standard InChI is InChI=1S/C15H17NOS/c17-12-6-7-14-11(9-12)3-1-5-15(14)16-10-13-4-2-8-18-13/h2,4,6-9,15-17H,1,3,5,10H2. The maximum Gasteiger partial charge on any atom is 0.115 e. The van der Waals surface area contributed by atoms with Crippen LogP contribution in [0.1, 0.15) is 34.9 Å². The molecule has 2 N–H and O–H groups in total. The minimum atomic E-state index is 0.382. The van der Waals surface area contributed by atoms with Crippen LogP contribution in [0.25, 0.3) is 0 Å². The molecule has 1 aliphatic carbocycles. The second-order valence-electron chi connectivity index (χ2n) is 4.79. The second kappa shape index (κ2) is 5.12. The van der Waals surface area contributed by atoms with Gasteiger partial charge in [0.25, 0.3) is 0 Å². The molecule has 0 bridgehead atoms. The molecule has 1 aromatic heterocycles. The summed E-state index contributed by atoms with van der Waals surface area (Å²) in [4.78, 5) is 1.38. The number of thiophene rings is 1. The molecule has 0 fully saturated rings. The molecule has 0 saturated carbocycles. The number of hydrogen-bond donors (Lipinski definition) is 2. The molecule has 0 amide bonds. The maximum atomic E-state index is 9.54. The van der Waals surface area contributed by atoms with Gasteiger partial charge in [0.15, 0.2) is 0 Å². The Kier molecular flexibility index (Phi) is 3.35. The summed E-state index contributed by atoms with van der Waals surface area (Å²) < 4.78 is 0. The monoisotopic (exact) mass is 259 g/mol. The minimum Gasteiger partial charge on any atom is -0.508 e. The Morgan fingerprint density at radius 3 is 3.11 bits per heavy atom. The van der Waals surface area contributed by atoms with E-state index in [2.05, 4.69) is 28.9 Å². The highest BCUT2D eigenvalue weighted by atomic mass is 32.1. The SMILES string of the molecule is Oc1ccc2c(c1)CCCC2NCc1cccs1. The van der Waals surface area contributed by atoms with Crippen molar-refractivity contribution in [1.82, 2.24) is 5.32 Å². The van der Waals surface area contributed by atoms with Gasteiger partial charge < -0.3 is 10.4 Å². The highest BCUT2D eigenvalue weighted by Gasteiger charge is 2.19. The number of aromatic hydroxyl groups is 1. The average Bonchev–Trinajstić information content (AvgIpc) is 2.89. The summed E-state index contributed by atoms with van der Waals surface area (Å²) >= 11 is 1.79.